The Labute approximate surface area is 142 Å². The van der Waals surface area contributed by atoms with Gasteiger partial charge in [-0.1, -0.05) is 54.6 Å². The van der Waals surface area contributed by atoms with Crippen LogP contribution in [-0.2, 0) is 14.3 Å². The maximum Gasteiger partial charge on any atom is 0.340 e. The second kappa shape index (κ2) is 6.40. The predicted octanol–water partition coefficient (Wildman–Crippen LogP) is 4.56. The highest BCUT2D eigenvalue weighted by atomic mass is 16.6. The number of carbonyl (C=O) groups is 1. The van der Waals surface area contributed by atoms with Gasteiger partial charge in [0.05, 0.1) is 0 Å². The van der Waals surface area contributed by atoms with Gasteiger partial charge in [-0.3, -0.25) is 0 Å². The molecule has 2 aliphatic carbocycles. The molecule has 2 aromatic carbocycles. The van der Waals surface area contributed by atoms with E-state index < -0.39 is 6.10 Å². The molecule has 1 fully saturated rings. The Morgan fingerprint density at radius 1 is 1.00 bits per heavy atom. The smallest absolute Gasteiger partial charge is 0.340 e. The van der Waals surface area contributed by atoms with Crippen molar-refractivity contribution in [2.24, 2.45) is 5.92 Å². The third kappa shape index (κ3) is 2.84. The fourth-order valence-electron chi connectivity index (χ4n) is 3.93. The molecule has 4 rings (SSSR count). The number of ether oxygens (including phenoxy) is 2. The van der Waals surface area contributed by atoms with Crippen LogP contribution >= 0.6 is 0 Å². The van der Waals surface area contributed by atoms with E-state index in [1.807, 2.05) is 36.4 Å². The standard InChI is InChI=1S/C21H22O3/c1-23-20(14-7-3-2-4-8-14)21(22)24-19-12-11-15-13-18(15)16-9-5-6-10-17(16)19/h2-10,15,18-20H,11-13H2,1H3/t15-,18-,19+,20-/m0/s1. The van der Waals surface area contributed by atoms with Gasteiger partial charge in [-0.25, -0.2) is 4.79 Å². The Morgan fingerprint density at radius 3 is 2.46 bits per heavy atom. The topological polar surface area (TPSA) is 35.5 Å². The fourth-order valence-corrected chi connectivity index (χ4v) is 3.93. The summed E-state index contributed by atoms with van der Waals surface area (Å²) in [5.74, 6) is 1.12. The zero-order chi connectivity index (χ0) is 16.5. The number of carbonyl (C=O) groups excluding carboxylic acids is 1. The minimum absolute atomic E-state index is 0.164. The van der Waals surface area contributed by atoms with Crippen LogP contribution in [-0.4, -0.2) is 13.1 Å². The molecule has 0 N–H and O–H groups in total. The predicted molar refractivity (Wildman–Crippen MR) is 91.5 cm³/mol. The van der Waals surface area contributed by atoms with Crippen LogP contribution in [0.15, 0.2) is 54.6 Å². The van der Waals surface area contributed by atoms with Crippen LogP contribution in [0.2, 0.25) is 0 Å². The van der Waals surface area contributed by atoms with Crippen molar-refractivity contribution in [3.05, 3.63) is 71.3 Å². The highest BCUT2D eigenvalue weighted by Crippen LogP contribution is 2.55. The van der Waals surface area contributed by atoms with Crippen LogP contribution < -0.4 is 0 Å². The Balaban J connectivity index is 1.56. The van der Waals surface area contributed by atoms with E-state index in [2.05, 4.69) is 18.2 Å². The fraction of sp³-hybridized carbons (Fsp3) is 0.381. The van der Waals surface area contributed by atoms with E-state index in [4.69, 9.17) is 9.47 Å². The Morgan fingerprint density at radius 2 is 1.71 bits per heavy atom. The van der Waals surface area contributed by atoms with E-state index in [1.54, 1.807) is 7.11 Å². The van der Waals surface area contributed by atoms with Crippen molar-refractivity contribution in [3.63, 3.8) is 0 Å². The van der Waals surface area contributed by atoms with Gasteiger partial charge < -0.3 is 9.47 Å². The Hall–Kier alpha value is -2.13. The van der Waals surface area contributed by atoms with Crippen LogP contribution in [0.3, 0.4) is 0 Å². The highest BCUT2D eigenvalue weighted by Gasteiger charge is 2.43. The van der Waals surface area contributed by atoms with Gasteiger partial charge in [0.1, 0.15) is 6.10 Å². The lowest BCUT2D eigenvalue weighted by molar-refractivity contribution is -0.162. The first kappa shape index (κ1) is 15.4. The molecular formula is C21H22O3. The summed E-state index contributed by atoms with van der Waals surface area (Å²) >= 11 is 0. The molecule has 0 amide bonds. The molecule has 124 valence electrons. The van der Waals surface area contributed by atoms with E-state index in [0.717, 1.165) is 24.3 Å². The minimum atomic E-state index is -0.670. The first-order valence-electron chi connectivity index (χ1n) is 8.65. The number of methoxy groups -OCH3 is 1. The van der Waals surface area contributed by atoms with Crippen molar-refractivity contribution in [1.82, 2.24) is 0 Å². The maximum atomic E-state index is 12.7. The van der Waals surface area contributed by atoms with Crippen LogP contribution in [0, 0.1) is 5.92 Å². The van der Waals surface area contributed by atoms with Crippen molar-refractivity contribution in [3.8, 4) is 0 Å². The average molecular weight is 322 g/mol. The molecular weight excluding hydrogens is 300 g/mol. The van der Waals surface area contributed by atoms with Gasteiger partial charge in [-0.2, -0.15) is 0 Å². The number of rotatable bonds is 4. The lowest BCUT2D eigenvalue weighted by Crippen LogP contribution is -2.20. The molecule has 24 heavy (non-hydrogen) atoms. The summed E-state index contributed by atoms with van der Waals surface area (Å²) in [4.78, 5) is 12.7. The average Bonchev–Trinajstić information content (AvgIpc) is 3.40. The maximum absolute atomic E-state index is 12.7. The molecule has 0 unspecified atom stereocenters. The summed E-state index contributed by atoms with van der Waals surface area (Å²) < 4.78 is 11.3. The second-order valence-electron chi connectivity index (χ2n) is 6.76. The van der Waals surface area contributed by atoms with E-state index in [1.165, 1.54) is 17.5 Å². The molecule has 0 radical (unpaired) electrons. The SMILES string of the molecule is CO[C@H](C(=O)O[C@@H]1CC[C@H]2C[C@@H]2c2ccccc21)c1ccccc1. The van der Waals surface area contributed by atoms with Crippen molar-refractivity contribution in [2.75, 3.05) is 7.11 Å². The molecule has 0 heterocycles. The largest absolute Gasteiger partial charge is 0.455 e. The van der Waals surface area contributed by atoms with Crippen molar-refractivity contribution in [1.29, 1.82) is 0 Å². The second-order valence-corrected chi connectivity index (χ2v) is 6.76. The van der Waals surface area contributed by atoms with E-state index in [9.17, 15) is 4.79 Å². The lowest BCUT2D eigenvalue weighted by atomic mass is 9.99. The molecule has 3 nitrogen and oxygen atoms in total. The van der Waals surface area contributed by atoms with Gasteiger partial charge in [0.25, 0.3) is 0 Å². The van der Waals surface area contributed by atoms with Crippen molar-refractivity contribution < 1.29 is 14.3 Å². The third-order valence-corrected chi connectivity index (χ3v) is 5.28. The number of hydrogen-bond acceptors (Lipinski definition) is 3. The zero-order valence-corrected chi connectivity index (χ0v) is 13.9. The molecule has 4 atom stereocenters. The third-order valence-electron chi connectivity index (χ3n) is 5.28. The van der Waals surface area contributed by atoms with Crippen LogP contribution in [0.1, 0.15) is 54.1 Å². The normalized spacial score (nSPS) is 25.8. The first-order chi connectivity index (χ1) is 11.8. The summed E-state index contributed by atoms with van der Waals surface area (Å²) in [6.45, 7) is 0. The van der Waals surface area contributed by atoms with Crippen LogP contribution in [0.25, 0.3) is 0 Å². The van der Waals surface area contributed by atoms with Gasteiger partial charge >= 0.3 is 5.97 Å². The molecule has 0 spiro atoms. The van der Waals surface area contributed by atoms with Crippen molar-refractivity contribution in [2.45, 2.75) is 37.4 Å². The molecule has 0 bridgehead atoms. The van der Waals surface area contributed by atoms with Gasteiger partial charge in [-0.05, 0) is 47.8 Å². The molecule has 0 aromatic heterocycles. The number of hydrogen-bond donors (Lipinski definition) is 0. The summed E-state index contributed by atoms with van der Waals surface area (Å²) in [6, 6.07) is 17.9. The molecule has 0 saturated heterocycles. The number of esters is 1. The van der Waals surface area contributed by atoms with Gasteiger partial charge in [0.2, 0.25) is 0 Å². The summed E-state index contributed by atoms with van der Waals surface area (Å²) in [5.41, 5.74) is 3.37. The van der Waals surface area contributed by atoms with Crippen LogP contribution in [0.5, 0.6) is 0 Å². The van der Waals surface area contributed by atoms with Crippen molar-refractivity contribution >= 4 is 5.97 Å². The monoisotopic (exact) mass is 322 g/mol. The highest BCUT2D eigenvalue weighted by molar-refractivity contribution is 5.77. The summed E-state index contributed by atoms with van der Waals surface area (Å²) in [5, 5.41) is 0. The summed E-state index contributed by atoms with van der Waals surface area (Å²) in [7, 11) is 1.55. The molecule has 2 aromatic rings. The molecule has 1 saturated carbocycles. The number of benzene rings is 2. The zero-order valence-electron chi connectivity index (χ0n) is 13.9. The van der Waals surface area contributed by atoms with E-state index in [0.29, 0.717) is 5.92 Å². The first-order valence-corrected chi connectivity index (χ1v) is 8.65. The lowest BCUT2D eigenvalue weighted by Gasteiger charge is -2.22. The molecule has 2 aliphatic rings. The quantitative estimate of drug-likeness (QED) is 0.774. The van der Waals surface area contributed by atoms with Crippen LogP contribution in [0.4, 0.5) is 0 Å². The minimum Gasteiger partial charge on any atom is -0.455 e. The van der Waals surface area contributed by atoms with Gasteiger partial charge in [0, 0.05) is 7.11 Å². The number of fused-ring (bicyclic) bond motifs is 3. The molecule has 0 aliphatic heterocycles. The van der Waals surface area contributed by atoms with Gasteiger partial charge in [0.15, 0.2) is 6.10 Å². The molecule has 3 heteroatoms. The van der Waals surface area contributed by atoms with Gasteiger partial charge in [-0.15, -0.1) is 0 Å². The van der Waals surface area contributed by atoms with E-state index in [-0.39, 0.29) is 12.1 Å². The van der Waals surface area contributed by atoms with E-state index >= 15 is 0 Å². The summed E-state index contributed by atoms with van der Waals surface area (Å²) in [6.07, 6.45) is 2.47. The Bertz CT molecular complexity index is 725. The Kier molecular flexibility index (Phi) is 4.11.